The first kappa shape index (κ1) is 14.9. The summed E-state index contributed by atoms with van der Waals surface area (Å²) in [7, 11) is 0. The Morgan fingerprint density at radius 3 is 3.04 bits per heavy atom. The molecule has 1 aliphatic heterocycles. The van der Waals surface area contributed by atoms with Crippen LogP contribution in [0.15, 0.2) is 42.6 Å². The van der Waals surface area contributed by atoms with Crippen molar-refractivity contribution in [2.75, 3.05) is 29.9 Å². The maximum Gasteiger partial charge on any atom is 0.265 e. The molecule has 0 bridgehead atoms. The number of pyridine rings is 1. The molecule has 2 aromatic rings. The van der Waals surface area contributed by atoms with E-state index in [0.717, 1.165) is 17.9 Å². The summed E-state index contributed by atoms with van der Waals surface area (Å²) >= 11 is 0. The highest BCUT2D eigenvalue weighted by molar-refractivity contribution is 5.97. The maximum absolute atomic E-state index is 12.0. The van der Waals surface area contributed by atoms with Crippen LogP contribution >= 0.6 is 0 Å². The van der Waals surface area contributed by atoms with E-state index in [9.17, 15) is 4.79 Å². The third-order valence-corrected chi connectivity index (χ3v) is 3.59. The largest absolute Gasteiger partial charge is 0.482 e. The van der Waals surface area contributed by atoms with Crippen molar-refractivity contribution in [2.45, 2.75) is 6.42 Å². The second kappa shape index (κ2) is 6.79. The highest BCUT2D eigenvalue weighted by Gasteiger charge is 2.24. The molecule has 0 atom stereocenters. The number of hydrogen-bond acceptors (Lipinski definition) is 5. The van der Waals surface area contributed by atoms with E-state index in [1.807, 2.05) is 24.3 Å². The molecule has 0 radical (unpaired) electrons. The first-order valence-electron chi connectivity index (χ1n) is 7.41. The van der Waals surface area contributed by atoms with Gasteiger partial charge in [-0.25, -0.2) is 4.98 Å². The van der Waals surface area contributed by atoms with Crippen LogP contribution in [0, 0.1) is 11.3 Å². The average Bonchev–Trinajstić information content (AvgIpc) is 2.60. The highest BCUT2D eigenvalue weighted by atomic mass is 16.5. The van der Waals surface area contributed by atoms with Crippen molar-refractivity contribution in [1.82, 2.24) is 4.98 Å². The van der Waals surface area contributed by atoms with E-state index >= 15 is 0 Å². The summed E-state index contributed by atoms with van der Waals surface area (Å²) in [6, 6.07) is 13.1. The fourth-order valence-corrected chi connectivity index (χ4v) is 2.48. The molecule has 1 amide bonds. The third-order valence-electron chi connectivity index (χ3n) is 3.59. The number of benzene rings is 1. The van der Waals surface area contributed by atoms with Crippen LogP contribution in [0.1, 0.15) is 12.0 Å². The smallest absolute Gasteiger partial charge is 0.265 e. The molecule has 1 aromatic carbocycles. The zero-order chi connectivity index (χ0) is 16.1. The summed E-state index contributed by atoms with van der Waals surface area (Å²) in [4.78, 5) is 17.9. The molecule has 6 nitrogen and oxygen atoms in total. The number of hydrogen-bond donors (Lipinski definition) is 1. The average molecular weight is 308 g/mol. The van der Waals surface area contributed by atoms with Crippen LogP contribution in [0.4, 0.5) is 11.5 Å². The van der Waals surface area contributed by atoms with Gasteiger partial charge >= 0.3 is 0 Å². The Morgan fingerprint density at radius 1 is 1.30 bits per heavy atom. The molecule has 6 heteroatoms. The van der Waals surface area contributed by atoms with Gasteiger partial charge in [0.15, 0.2) is 6.61 Å². The van der Waals surface area contributed by atoms with Gasteiger partial charge in [0, 0.05) is 19.3 Å². The van der Waals surface area contributed by atoms with Crippen LogP contribution in [0.3, 0.4) is 0 Å². The van der Waals surface area contributed by atoms with Crippen molar-refractivity contribution in [1.29, 1.82) is 5.26 Å². The zero-order valence-electron chi connectivity index (χ0n) is 12.5. The Morgan fingerprint density at radius 2 is 2.17 bits per heavy atom. The van der Waals surface area contributed by atoms with Crippen molar-refractivity contribution in [3.63, 3.8) is 0 Å². The first-order chi connectivity index (χ1) is 11.3. The molecular formula is C17H16N4O2. The van der Waals surface area contributed by atoms with E-state index in [4.69, 9.17) is 10.00 Å². The number of carbonyl (C=O) groups is 1. The first-order valence-corrected chi connectivity index (χ1v) is 7.41. The minimum atomic E-state index is -0.0424. The van der Waals surface area contributed by atoms with Crippen LogP contribution in [-0.2, 0) is 4.79 Å². The number of ether oxygens (including phenoxy) is 1. The number of fused-ring (bicyclic) bond motifs is 1. The van der Waals surface area contributed by atoms with Crippen molar-refractivity contribution >= 4 is 17.4 Å². The number of nitriles is 1. The zero-order valence-corrected chi connectivity index (χ0v) is 12.5. The number of amides is 1. The number of carbonyl (C=O) groups excluding carboxylic acids is 1. The Labute approximate surface area is 134 Å². The van der Waals surface area contributed by atoms with Crippen LogP contribution in [-0.4, -0.2) is 30.6 Å². The van der Waals surface area contributed by atoms with E-state index in [1.54, 1.807) is 23.2 Å². The second-order valence-electron chi connectivity index (χ2n) is 5.09. The van der Waals surface area contributed by atoms with Crippen molar-refractivity contribution in [3.8, 4) is 11.8 Å². The molecule has 23 heavy (non-hydrogen) atoms. The van der Waals surface area contributed by atoms with E-state index in [0.29, 0.717) is 24.5 Å². The third kappa shape index (κ3) is 3.24. The summed E-state index contributed by atoms with van der Waals surface area (Å²) < 4.78 is 5.42. The van der Waals surface area contributed by atoms with Gasteiger partial charge in [0.2, 0.25) is 0 Å². The van der Waals surface area contributed by atoms with Gasteiger partial charge in [0.1, 0.15) is 17.6 Å². The molecule has 0 unspecified atom stereocenters. The summed E-state index contributed by atoms with van der Waals surface area (Å²) in [6.45, 7) is 1.28. The minimum absolute atomic E-state index is 0.0424. The lowest BCUT2D eigenvalue weighted by Crippen LogP contribution is -2.39. The predicted octanol–water partition coefficient (Wildman–Crippen LogP) is 2.18. The Bertz CT molecular complexity index is 754. The lowest BCUT2D eigenvalue weighted by molar-refractivity contribution is -0.121. The van der Waals surface area contributed by atoms with Gasteiger partial charge in [-0.2, -0.15) is 5.26 Å². The topological polar surface area (TPSA) is 78.3 Å². The molecule has 116 valence electrons. The molecule has 1 aromatic heterocycles. The SMILES string of the molecule is N#Cc1cccnc1NCCCN1C(=O)COc2ccccc21. The molecule has 0 spiro atoms. The van der Waals surface area contributed by atoms with Gasteiger partial charge < -0.3 is 15.0 Å². The van der Waals surface area contributed by atoms with E-state index < -0.39 is 0 Å². The van der Waals surface area contributed by atoms with Crippen LogP contribution in [0.2, 0.25) is 0 Å². The maximum atomic E-state index is 12.0. The molecule has 2 heterocycles. The molecule has 0 aliphatic carbocycles. The predicted molar refractivity (Wildman–Crippen MR) is 86.3 cm³/mol. The Kier molecular flexibility index (Phi) is 4.39. The van der Waals surface area contributed by atoms with Gasteiger partial charge in [-0.15, -0.1) is 0 Å². The van der Waals surface area contributed by atoms with E-state index in [2.05, 4.69) is 16.4 Å². The second-order valence-corrected chi connectivity index (χ2v) is 5.09. The van der Waals surface area contributed by atoms with Gasteiger partial charge in [0.25, 0.3) is 5.91 Å². The number of nitrogens with zero attached hydrogens (tertiary/aromatic N) is 3. The number of aromatic nitrogens is 1. The molecule has 0 saturated carbocycles. The lowest BCUT2D eigenvalue weighted by Gasteiger charge is -2.29. The summed E-state index contributed by atoms with van der Waals surface area (Å²) in [5.74, 6) is 1.26. The summed E-state index contributed by atoms with van der Waals surface area (Å²) in [5.41, 5.74) is 1.32. The Hall–Kier alpha value is -3.07. The van der Waals surface area contributed by atoms with Gasteiger partial charge in [-0.05, 0) is 30.7 Å². The van der Waals surface area contributed by atoms with Crippen molar-refractivity contribution in [3.05, 3.63) is 48.2 Å². The standard InChI is InChI=1S/C17H16N4O2/c18-11-13-5-3-8-19-17(13)20-9-4-10-21-14-6-1-2-7-15(14)23-12-16(21)22/h1-3,5-8H,4,9-10,12H2,(H,19,20). The van der Waals surface area contributed by atoms with Gasteiger partial charge in [-0.3, -0.25) is 4.79 Å². The molecule has 3 rings (SSSR count). The Balaban J connectivity index is 1.59. The fraction of sp³-hybridized carbons (Fsp3) is 0.235. The van der Waals surface area contributed by atoms with Gasteiger partial charge in [-0.1, -0.05) is 12.1 Å². The van der Waals surface area contributed by atoms with Gasteiger partial charge in [0.05, 0.1) is 11.3 Å². The number of nitrogens with one attached hydrogen (secondary N) is 1. The summed E-state index contributed by atoms with van der Waals surface area (Å²) in [5, 5.41) is 12.2. The van der Waals surface area contributed by atoms with E-state index in [1.165, 1.54) is 0 Å². The minimum Gasteiger partial charge on any atom is -0.482 e. The quantitative estimate of drug-likeness (QED) is 0.857. The molecule has 1 aliphatic rings. The number of rotatable bonds is 5. The van der Waals surface area contributed by atoms with Crippen molar-refractivity contribution in [2.24, 2.45) is 0 Å². The van der Waals surface area contributed by atoms with Crippen LogP contribution < -0.4 is 15.0 Å². The number of anilines is 2. The van der Waals surface area contributed by atoms with E-state index in [-0.39, 0.29) is 12.5 Å². The molecule has 0 fully saturated rings. The number of para-hydroxylation sites is 2. The normalized spacial score (nSPS) is 13.0. The molecule has 0 saturated heterocycles. The fourth-order valence-electron chi connectivity index (χ4n) is 2.48. The van der Waals surface area contributed by atoms with Crippen molar-refractivity contribution < 1.29 is 9.53 Å². The summed E-state index contributed by atoms with van der Waals surface area (Å²) in [6.07, 6.45) is 2.38. The van der Waals surface area contributed by atoms with Crippen LogP contribution in [0.5, 0.6) is 5.75 Å². The highest BCUT2D eigenvalue weighted by Crippen LogP contribution is 2.31. The monoisotopic (exact) mass is 308 g/mol. The molecule has 1 N–H and O–H groups in total. The van der Waals surface area contributed by atoms with Crippen LogP contribution in [0.25, 0.3) is 0 Å². The lowest BCUT2D eigenvalue weighted by atomic mass is 10.2. The molecular weight excluding hydrogens is 292 g/mol.